The number of nitrogens with zero attached hydrogens (tertiary/aromatic N) is 1. The molecular weight excluding hydrogens is 374 g/mol. The van der Waals surface area contributed by atoms with E-state index in [0.29, 0.717) is 19.5 Å². The molecule has 0 aliphatic carbocycles. The van der Waals surface area contributed by atoms with Gasteiger partial charge in [-0.2, -0.15) is 0 Å². The molecule has 0 saturated heterocycles. The molecular formula is C26H49NO3. The molecule has 1 N–H and O–H groups in total. The average molecular weight is 424 g/mol. The van der Waals surface area contributed by atoms with Crippen LogP contribution < -0.4 is 0 Å². The highest BCUT2D eigenvalue weighted by molar-refractivity contribution is 5.82. The first-order chi connectivity index (χ1) is 14.6. The van der Waals surface area contributed by atoms with Gasteiger partial charge in [0, 0.05) is 19.5 Å². The Balaban J connectivity index is 3.66. The molecule has 0 aliphatic rings. The Morgan fingerprint density at radius 3 is 1.67 bits per heavy atom. The zero-order chi connectivity index (χ0) is 22.5. The minimum absolute atomic E-state index is 0.0422. The predicted octanol–water partition coefficient (Wildman–Crippen LogP) is 7.37. The fourth-order valence-corrected chi connectivity index (χ4v) is 3.87. The summed E-state index contributed by atoms with van der Waals surface area (Å²) in [6.45, 7) is 7.41. The molecule has 4 heteroatoms. The van der Waals surface area contributed by atoms with Gasteiger partial charge in [0.1, 0.15) is 0 Å². The SMILES string of the molecule is CCCCCCCCCCCCC/C=C/CCCC(CC(=O)N(CC)CC)C(=O)O. The summed E-state index contributed by atoms with van der Waals surface area (Å²) < 4.78 is 0. The van der Waals surface area contributed by atoms with Crippen LogP contribution in [-0.4, -0.2) is 35.0 Å². The lowest BCUT2D eigenvalue weighted by atomic mass is 9.97. The Bertz CT molecular complexity index is 444. The van der Waals surface area contributed by atoms with Crippen molar-refractivity contribution in [2.45, 2.75) is 124 Å². The highest BCUT2D eigenvalue weighted by Crippen LogP contribution is 2.16. The molecule has 0 aromatic heterocycles. The molecule has 1 atom stereocenters. The quantitative estimate of drug-likeness (QED) is 0.155. The van der Waals surface area contributed by atoms with Gasteiger partial charge >= 0.3 is 5.97 Å². The number of carboxylic acids is 1. The van der Waals surface area contributed by atoms with Crippen LogP contribution in [0, 0.1) is 5.92 Å². The van der Waals surface area contributed by atoms with Gasteiger partial charge in [0.05, 0.1) is 5.92 Å². The maximum Gasteiger partial charge on any atom is 0.307 e. The van der Waals surface area contributed by atoms with E-state index in [-0.39, 0.29) is 12.3 Å². The lowest BCUT2D eigenvalue weighted by Gasteiger charge is -2.20. The smallest absolute Gasteiger partial charge is 0.307 e. The Morgan fingerprint density at radius 2 is 1.20 bits per heavy atom. The standard InChI is InChI=1S/C26H49NO3/c1-4-7-8-9-10-11-12-13-14-15-16-17-18-19-20-21-22-24(26(29)30)23-25(28)27(5-2)6-3/h18-19,24H,4-17,20-23H2,1-3H3,(H,29,30)/b19-18+. The van der Waals surface area contributed by atoms with E-state index >= 15 is 0 Å². The third kappa shape index (κ3) is 16.5. The number of carboxylic acid groups (broad SMARTS) is 1. The third-order valence-corrected chi connectivity index (χ3v) is 5.95. The number of allylic oxidation sites excluding steroid dienone is 2. The van der Waals surface area contributed by atoms with Crippen molar-refractivity contribution >= 4 is 11.9 Å². The van der Waals surface area contributed by atoms with Gasteiger partial charge in [-0.25, -0.2) is 0 Å². The van der Waals surface area contributed by atoms with Crippen LogP contribution in [0.15, 0.2) is 12.2 Å². The molecule has 0 aromatic carbocycles. The van der Waals surface area contributed by atoms with Crippen LogP contribution in [0.3, 0.4) is 0 Å². The van der Waals surface area contributed by atoms with Crippen molar-refractivity contribution in [3.05, 3.63) is 12.2 Å². The van der Waals surface area contributed by atoms with Crippen molar-refractivity contribution in [3.8, 4) is 0 Å². The van der Waals surface area contributed by atoms with Gasteiger partial charge in [-0.15, -0.1) is 0 Å². The van der Waals surface area contributed by atoms with Gasteiger partial charge in [0.25, 0.3) is 0 Å². The van der Waals surface area contributed by atoms with Gasteiger partial charge in [-0.05, 0) is 46.0 Å². The molecule has 0 fully saturated rings. The molecule has 0 bridgehead atoms. The van der Waals surface area contributed by atoms with Crippen LogP contribution >= 0.6 is 0 Å². The molecule has 0 rings (SSSR count). The van der Waals surface area contributed by atoms with Gasteiger partial charge in [-0.1, -0.05) is 83.3 Å². The van der Waals surface area contributed by atoms with Crippen LogP contribution in [0.5, 0.6) is 0 Å². The minimum Gasteiger partial charge on any atom is -0.481 e. The number of carbonyl (C=O) groups excluding carboxylic acids is 1. The summed E-state index contributed by atoms with van der Waals surface area (Å²) in [7, 11) is 0. The number of unbranched alkanes of at least 4 members (excludes halogenated alkanes) is 12. The summed E-state index contributed by atoms with van der Waals surface area (Å²) in [6.07, 6.45) is 23.0. The lowest BCUT2D eigenvalue weighted by molar-refractivity contribution is -0.146. The summed E-state index contributed by atoms with van der Waals surface area (Å²) in [5.41, 5.74) is 0. The number of amides is 1. The topological polar surface area (TPSA) is 57.6 Å². The molecule has 0 aromatic rings. The van der Waals surface area contributed by atoms with E-state index in [1.54, 1.807) is 4.90 Å². The van der Waals surface area contributed by atoms with Crippen molar-refractivity contribution in [2.24, 2.45) is 5.92 Å². The number of hydrogen-bond acceptors (Lipinski definition) is 2. The summed E-state index contributed by atoms with van der Waals surface area (Å²) in [6, 6.07) is 0. The van der Waals surface area contributed by atoms with Crippen molar-refractivity contribution in [3.63, 3.8) is 0 Å². The van der Waals surface area contributed by atoms with Gasteiger partial charge in [0.15, 0.2) is 0 Å². The maximum absolute atomic E-state index is 12.1. The van der Waals surface area contributed by atoms with Crippen molar-refractivity contribution in [1.29, 1.82) is 0 Å². The lowest BCUT2D eigenvalue weighted by Crippen LogP contribution is -2.33. The molecule has 1 unspecified atom stereocenters. The largest absolute Gasteiger partial charge is 0.481 e. The number of hydrogen-bond donors (Lipinski definition) is 1. The number of aliphatic carboxylic acids is 1. The van der Waals surface area contributed by atoms with Crippen LogP contribution in [0.4, 0.5) is 0 Å². The van der Waals surface area contributed by atoms with E-state index in [2.05, 4.69) is 19.1 Å². The van der Waals surface area contributed by atoms with Crippen LogP contribution in [0.25, 0.3) is 0 Å². The first-order valence-corrected chi connectivity index (χ1v) is 12.7. The Labute approximate surface area is 186 Å². The summed E-state index contributed by atoms with van der Waals surface area (Å²) in [4.78, 5) is 25.3. The first kappa shape index (κ1) is 28.7. The first-order valence-electron chi connectivity index (χ1n) is 12.7. The molecule has 0 saturated carbocycles. The van der Waals surface area contributed by atoms with E-state index in [1.165, 1.54) is 70.6 Å². The zero-order valence-electron chi connectivity index (χ0n) is 20.2. The van der Waals surface area contributed by atoms with E-state index in [9.17, 15) is 14.7 Å². The average Bonchev–Trinajstić information content (AvgIpc) is 2.73. The van der Waals surface area contributed by atoms with E-state index < -0.39 is 11.9 Å². The van der Waals surface area contributed by atoms with Gasteiger partial charge in [0.2, 0.25) is 5.91 Å². The molecule has 0 aliphatic heterocycles. The highest BCUT2D eigenvalue weighted by atomic mass is 16.4. The van der Waals surface area contributed by atoms with Crippen molar-refractivity contribution in [1.82, 2.24) is 4.90 Å². The molecule has 30 heavy (non-hydrogen) atoms. The fraction of sp³-hybridized carbons (Fsp3) is 0.846. The normalized spacial score (nSPS) is 12.4. The van der Waals surface area contributed by atoms with Gasteiger partial charge in [-0.3, -0.25) is 9.59 Å². The fourth-order valence-electron chi connectivity index (χ4n) is 3.87. The molecule has 1 amide bonds. The second-order valence-electron chi connectivity index (χ2n) is 8.53. The number of carbonyl (C=O) groups is 2. The van der Waals surface area contributed by atoms with Crippen LogP contribution in [0.2, 0.25) is 0 Å². The Kier molecular flexibility index (Phi) is 20.0. The van der Waals surface area contributed by atoms with Crippen molar-refractivity contribution in [2.75, 3.05) is 13.1 Å². The predicted molar refractivity (Wildman–Crippen MR) is 128 cm³/mol. The Morgan fingerprint density at radius 1 is 0.733 bits per heavy atom. The molecule has 4 nitrogen and oxygen atoms in total. The second-order valence-corrected chi connectivity index (χ2v) is 8.53. The second kappa shape index (κ2) is 20.9. The molecule has 0 radical (unpaired) electrons. The summed E-state index contributed by atoms with van der Waals surface area (Å²) >= 11 is 0. The molecule has 176 valence electrons. The monoisotopic (exact) mass is 423 g/mol. The third-order valence-electron chi connectivity index (χ3n) is 5.95. The van der Waals surface area contributed by atoms with E-state index in [4.69, 9.17) is 0 Å². The van der Waals surface area contributed by atoms with E-state index in [1.807, 2.05) is 13.8 Å². The molecule has 0 spiro atoms. The van der Waals surface area contributed by atoms with Crippen LogP contribution in [-0.2, 0) is 9.59 Å². The zero-order valence-corrected chi connectivity index (χ0v) is 20.2. The van der Waals surface area contributed by atoms with Crippen molar-refractivity contribution < 1.29 is 14.7 Å². The Hall–Kier alpha value is -1.32. The highest BCUT2D eigenvalue weighted by Gasteiger charge is 2.22. The summed E-state index contributed by atoms with van der Waals surface area (Å²) in [5.74, 6) is -1.45. The minimum atomic E-state index is -0.847. The van der Waals surface area contributed by atoms with E-state index in [0.717, 1.165) is 19.3 Å². The number of rotatable bonds is 21. The van der Waals surface area contributed by atoms with Gasteiger partial charge < -0.3 is 10.0 Å². The maximum atomic E-state index is 12.1. The molecule has 0 heterocycles. The van der Waals surface area contributed by atoms with Crippen LogP contribution in [0.1, 0.15) is 124 Å². The summed E-state index contributed by atoms with van der Waals surface area (Å²) in [5, 5.41) is 9.39.